The first-order chi connectivity index (χ1) is 13.6. The van der Waals surface area contributed by atoms with Gasteiger partial charge in [-0.15, -0.1) is 0 Å². The van der Waals surface area contributed by atoms with E-state index in [2.05, 4.69) is 62.2 Å². The minimum atomic E-state index is 0.646. The first-order valence-electron chi connectivity index (χ1n) is 11.4. The highest BCUT2D eigenvalue weighted by Crippen LogP contribution is 2.36. The van der Waals surface area contributed by atoms with Gasteiger partial charge >= 0.3 is 0 Å². The number of fused-ring (bicyclic) bond motifs is 1. The highest BCUT2D eigenvalue weighted by molar-refractivity contribution is 5.69. The zero-order valence-electron chi connectivity index (χ0n) is 19.5. The zero-order chi connectivity index (χ0) is 20.9. The molecule has 2 heterocycles. The number of aromatic nitrogens is 2. The smallest absolute Gasteiger partial charge is 0.0568 e. The molecule has 3 nitrogen and oxygen atoms in total. The van der Waals surface area contributed by atoms with Crippen molar-refractivity contribution in [3.8, 4) is 11.1 Å². The van der Waals surface area contributed by atoms with Crippen molar-refractivity contribution >= 4 is 5.69 Å². The normalized spacial score (nSPS) is 15.1. The van der Waals surface area contributed by atoms with Gasteiger partial charge in [0.15, 0.2) is 0 Å². The summed E-state index contributed by atoms with van der Waals surface area (Å²) in [5, 5.41) is 4.25. The van der Waals surface area contributed by atoms with E-state index in [-0.39, 0.29) is 0 Å². The summed E-state index contributed by atoms with van der Waals surface area (Å²) < 4.78 is 1.85. The zero-order valence-corrected chi connectivity index (χ0v) is 19.5. The van der Waals surface area contributed by atoms with Crippen LogP contribution in [-0.4, -0.2) is 23.4 Å². The van der Waals surface area contributed by atoms with Gasteiger partial charge in [0.05, 0.1) is 6.20 Å². The van der Waals surface area contributed by atoms with Crippen LogP contribution in [0.25, 0.3) is 11.1 Å². The van der Waals surface area contributed by atoms with Crippen molar-refractivity contribution in [2.75, 3.05) is 18.5 Å². The van der Waals surface area contributed by atoms with Gasteiger partial charge in [0, 0.05) is 38.1 Å². The number of aryl methyl sites for hydroxylation is 1. The molecule has 3 heteroatoms. The van der Waals surface area contributed by atoms with Gasteiger partial charge in [0.25, 0.3) is 0 Å². The van der Waals surface area contributed by atoms with Gasteiger partial charge in [-0.25, -0.2) is 0 Å². The van der Waals surface area contributed by atoms with Gasteiger partial charge in [0.1, 0.15) is 0 Å². The summed E-state index contributed by atoms with van der Waals surface area (Å²) >= 11 is 0. The fourth-order valence-electron chi connectivity index (χ4n) is 3.56. The van der Waals surface area contributed by atoms with Crippen molar-refractivity contribution in [1.82, 2.24) is 9.78 Å². The molecule has 3 rings (SSSR count). The van der Waals surface area contributed by atoms with Gasteiger partial charge in [-0.2, -0.15) is 5.10 Å². The number of benzene rings is 1. The van der Waals surface area contributed by atoms with E-state index in [0.717, 1.165) is 6.54 Å². The Bertz CT molecular complexity index is 654. The fraction of sp³-hybridized carbons (Fsp3) is 0.640. The molecule has 0 saturated carbocycles. The first kappa shape index (κ1) is 24.3. The molecule has 1 unspecified atom stereocenters. The van der Waals surface area contributed by atoms with E-state index in [1.807, 2.05) is 31.8 Å². The number of hydrogen-bond acceptors (Lipinski definition) is 2. The molecule has 1 aliphatic heterocycles. The average molecular weight is 386 g/mol. The summed E-state index contributed by atoms with van der Waals surface area (Å²) in [6.07, 6.45) is 13.7. The molecule has 0 N–H and O–H groups in total. The van der Waals surface area contributed by atoms with Crippen molar-refractivity contribution in [3.05, 3.63) is 36.2 Å². The number of hydrogen-bond donors (Lipinski definition) is 0. The molecule has 0 spiro atoms. The molecule has 1 aromatic carbocycles. The Morgan fingerprint density at radius 2 is 1.61 bits per heavy atom. The van der Waals surface area contributed by atoms with Crippen LogP contribution in [0.5, 0.6) is 0 Å². The van der Waals surface area contributed by atoms with E-state index < -0.39 is 0 Å². The average Bonchev–Trinajstić information content (AvgIpc) is 3.16. The molecule has 28 heavy (non-hydrogen) atoms. The SMILES string of the molecule is CC.CC1CCN(C)c2ccc(-c3cnn(C)c3)cc21.CCCCCCCC. The molecular weight excluding hydrogens is 342 g/mol. The summed E-state index contributed by atoms with van der Waals surface area (Å²) in [5.74, 6) is 0.646. The lowest BCUT2D eigenvalue weighted by Gasteiger charge is -2.31. The first-order valence-corrected chi connectivity index (χ1v) is 11.4. The third-order valence-corrected chi connectivity index (χ3v) is 5.36. The van der Waals surface area contributed by atoms with E-state index in [4.69, 9.17) is 0 Å². The Labute approximate surface area is 174 Å². The Hall–Kier alpha value is -1.77. The Morgan fingerprint density at radius 3 is 2.14 bits per heavy atom. The van der Waals surface area contributed by atoms with Crippen LogP contribution in [0, 0.1) is 0 Å². The summed E-state index contributed by atoms with van der Waals surface area (Å²) in [6, 6.07) is 6.77. The number of unbranched alkanes of at least 4 members (excludes halogenated alkanes) is 5. The summed E-state index contributed by atoms with van der Waals surface area (Å²) in [7, 11) is 4.13. The molecule has 158 valence electrons. The predicted molar refractivity (Wildman–Crippen MR) is 125 cm³/mol. The number of rotatable bonds is 6. The van der Waals surface area contributed by atoms with Crippen molar-refractivity contribution < 1.29 is 0 Å². The van der Waals surface area contributed by atoms with E-state index in [1.165, 1.54) is 67.3 Å². The topological polar surface area (TPSA) is 21.1 Å². The van der Waals surface area contributed by atoms with E-state index >= 15 is 0 Å². The minimum absolute atomic E-state index is 0.646. The molecule has 0 saturated heterocycles. The van der Waals surface area contributed by atoms with Crippen LogP contribution in [0.2, 0.25) is 0 Å². The Kier molecular flexibility index (Phi) is 11.6. The van der Waals surface area contributed by atoms with Crippen LogP contribution in [0.4, 0.5) is 5.69 Å². The maximum absolute atomic E-state index is 4.25. The summed E-state index contributed by atoms with van der Waals surface area (Å²) in [4.78, 5) is 2.35. The van der Waals surface area contributed by atoms with E-state index in [9.17, 15) is 0 Å². The summed E-state index contributed by atoms with van der Waals surface area (Å²) in [6.45, 7) is 12.0. The molecule has 1 atom stereocenters. The molecule has 0 amide bonds. The lowest BCUT2D eigenvalue weighted by molar-refractivity contribution is 0.624. The molecule has 1 aliphatic rings. The van der Waals surface area contributed by atoms with Crippen LogP contribution in [0.1, 0.15) is 91.0 Å². The molecule has 0 fully saturated rings. The third kappa shape index (κ3) is 7.33. The lowest BCUT2D eigenvalue weighted by Crippen LogP contribution is -2.26. The second kappa shape index (κ2) is 13.4. The molecule has 0 bridgehead atoms. The standard InChI is InChI=1S/C15H19N3.C8H18.C2H6/c1-11-6-7-17(2)15-5-4-12(8-14(11)15)13-9-16-18(3)10-13;1-3-5-7-8-6-4-2;1-2/h4-5,8-11H,6-7H2,1-3H3;3-8H2,1-2H3;1-2H3. The monoisotopic (exact) mass is 385 g/mol. The van der Waals surface area contributed by atoms with Crippen molar-refractivity contribution in [2.24, 2.45) is 7.05 Å². The van der Waals surface area contributed by atoms with Gasteiger partial charge in [-0.1, -0.05) is 79.2 Å². The van der Waals surface area contributed by atoms with E-state index in [0.29, 0.717) is 5.92 Å². The summed E-state index contributed by atoms with van der Waals surface area (Å²) in [5.41, 5.74) is 5.30. The quantitative estimate of drug-likeness (QED) is 0.482. The van der Waals surface area contributed by atoms with Gasteiger partial charge in [-0.05, 0) is 35.6 Å². The van der Waals surface area contributed by atoms with E-state index in [1.54, 1.807) is 0 Å². The van der Waals surface area contributed by atoms with Crippen LogP contribution in [-0.2, 0) is 7.05 Å². The van der Waals surface area contributed by atoms with Gasteiger partial charge < -0.3 is 4.90 Å². The van der Waals surface area contributed by atoms with Crippen molar-refractivity contribution in [3.63, 3.8) is 0 Å². The van der Waals surface area contributed by atoms with Crippen LogP contribution in [0.3, 0.4) is 0 Å². The third-order valence-electron chi connectivity index (χ3n) is 5.36. The fourth-order valence-corrected chi connectivity index (χ4v) is 3.56. The number of nitrogens with zero attached hydrogens (tertiary/aromatic N) is 3. The van der Waals surface area contributed by atoms with Crippen LogP contribution in [0.15, 0.2) is 30.6 Å². The second-order valence-electron chi connectivity index (χ2n) is 7.70. The number of anilines is 1. The van der Waals surface area contributed by atoms with Gasteiger partial charge in [0.2, 0.25) is 0 Å². The largest absolute Gasteiger partial charge is 0.374 e. The highest BCUT2D eigenvalue weighted by atomic mass is 15.2. The van der Waals surface area contributed by atoms with Crippen LogP contribution >= 0.6 is 0 Å². The maximum Gasteiger partial charge on any atom is 0.0568 e. The predicted octanol–water partition coefficient (Wildman–Crippen LogP) is 7.42. The Balaban J connectivity index is 0.000000334. The Morgan fingerprint density at radius 1 is 0.964 bits per heavy atom. The molecule has 0 radical (unpaired) electrons. The highest BCUT2D eigenvalue weighted by Gasteiger charge is 2.20. The molecule has 1 aromatic heterocycles. The van der Waals surface area contributed by atoms with Crippen LogP contribution < -0.4 is 4.90 Å². The molecule has 2 aromatic rings. The lowest BCUT2D eigenvalue weighted by atomic mass is 9.89. The van der Waals surface area contributed by atoms with Gasteiger partial charge in [-0.3, -0.25) is 4.68 Å². The van der Waals surface area contributed by atoms with Crippen molar-refractivity contribution in [1.29, 1.82) is 0 Å². The molecular formula is C25H43N3. The second-order valence-corrected chi connectivity index (χ2v) is 7.70. The molecule has 0 aliphatic carbocycles. The minimum Gasteiger partial charge on any atom is -0.374 e. The maximum atomic E-state index is 4.25. The van der Waals surface area contributed by atoms with Crippen molar-refractivity contribution in [2.45, 2.75) is 85.5 Å².